The first-order chi connectivity index (χ1) is 6.43. The summed E-state index contributed by atoms with van der Waals surface area (Å²) in [5.74, 6) is 0. The molecule has 0 saturated heterocycles. The highest BCUT2D eigenvalue weighted by molar-refractivity contribution is 5.12. The second-order valence-corrected chi connectivity index (χ2v) is 3.10. The van der Waals surface area contributed by atoms with Crippen LogP contribution >= 0.6 is 0 Å². The lowest BCUT2D eigenvalue weighted by Gasteiger charge is -2.01. The quantitative estimate of drug-likeness (QED) is 0.607. The largest absolute Gasteiger partial charge is 0.381 e. The van der Waals surface area contributed by atoms with Crippen LogP contribution in [0.25, 0.3) is 0 Å². The summed E-state index contributed by atoms with van der Waals surface area (Å²) >= 11 is 0. The summed E-state index contributed by atoms with van der Waals surface area (Å²) in [6.45, 7) is 3.89. The molecule has 1 rings (SSSR count). The highest BCUT2D eigenvalue weighted by atomic mass is 16.5. The van der Waals surface area contributed by atoms with Gasteiger partial charge in [0.05, 0.1) is 0 Å². The van der Waals surface area contributed by atoms with Crippen molar-refractivity contribution in [3.8, 4) is 0 Å². The molecule has 1 aromatic rings. The number of ether oxygens (including phenoxy) is 1. The number of hydrogen-bond acceptors (Lipinski definition) is 1. The van der Waals surface area contributed by atoms with Gasteiger partial charge in [0, 0.05) is 13.2 Å². The van der Waals surface area contributed by atoms with Crippen LogP contribution in [0, 0.1) is 6.07 Å². The fourth-order valence-electron chi connectivity index (χ4n) is 1.20. The Morgan fingerprint density at radius 3 is 2.92 bits per heavy atom. The van der Waals surface area contributed by atoms with Crippen molar-refractivity contribution in [1.29, 1.82) is 0 Å². The molecule has 13 heavy (non-hydrogen) atoms. The zero-order valence-corrected chi connectivity index (χ0v) is 8.25. The second-order valence-electron chi connectivity index (χ2n) is 3.10. The van der Waals surface area contributed by atoms with E-state index in [9.17, 15) is 0 Å². The van der Waals surface area contributed by atoms with Crippen LogP contribution in [-0.4, -0.2) is 13.2 Å². The van der Waals surface area contributed by atoms with Crippen LogP contribution in [-0.2, 0) is 11.2 Å². The maximum absolute atomic E-state index is 5.39. The Kier molecular flexibility index (Phi) is 5.27. The average Bonchev–Trinajstić information content (AvgIpc) is 2.19. The standard InChI is InChI=1S/C12H17O/c1-2-10-13-11-6-9-12-7-4-3-5-8-12/h3-5,7H,2,6,9-11H2,1H3. The molecule has 1 heteroatoms. The summed E-state index contributed by atoms with van der Waals surface area (Å²) in [5.41, 5.74) is 1.28. The number of benzene rings is 1. The Bertz CT molecular complexity index is 206. The zero-order valence-electron chi connectivity index (χ0n) is 8.25. The van der Waals surface area contributed by atoms with E-state index in [4.69, 9.17) is 4.74 Å². The van der Waals surface area contributed by atoms with Gasteiger partial charge in [0.1, 0.15) is 0 Å². The van der Waals surface area contributed by atoms with Gasteiger partial charge in [-0.05, 0) is 30.9 Å². The van der Waals surface area contributed by atoms with Gasteiger partial charge in [-0.15, -0.1) is 0 Å². The van der Waals surface area contributed by atoms with Crippen molar-refractivity contribution in [3.63, 3.8) is 0 Å². The van der Waals surface area contributed by atoms with E-state index in [1.54, 1.807) is 0 Å². The van der Waals surface area contributed by atoms with Crippen LogP contribution in [0.4, 0.5) is 0 Å². The minimum absolute atomic E-state index is 0.872. The molecule has 0 N–H and O–H groups in total. The van der Waals surface area contributed by atoms with Crippen LogP contribution < -0.4 is 0 Å². The Labute approximate surface area is 80.7 Å². The number of aryl methyl sites for hydroxylation is 1. The maximum Gasteiger partial charge on any atom is 0.0469 e. The third kappa shape index (κ3) is 4.69. The SMILES string of the molecule is CCCOCCCc1[c]cccc1. The van der Waals surface area contributed by atoms with Crippen molar-refractivity contribution in [2.45, 2.75) is 26.2 Å². The van der Waals surface area contributed by atoms with Gasteiger partial charge >= 0.3 is 0 Å². The molecule has 71 valence electrons. The molecule has 0 aromatic heterocycles. The molecule has 0 bridgehead atoms. The molecule has 1 nitrogen and oxygen atoms in total. The Hall–Kier alpha value is -0.820. The van der Waals surface area contributed by atoms with E-state index in [0.29, 0.717) is 0 Å². The maximum atomic E-state index is 5.39. The van der Waals surface area contributed by atoms with E-state index in [0.717, 1.165) is 32.5 Å². The minimum atomic E-state index is 0.872. The zero-order chi connectivity index (χ0) is 9.36. The van der Waals surface area contributed by atoms with Crippen molar-refractivity contribution >= 4 is 0 Å². The van der Waals surface area contributed by atoms with Crippen molar-refractivity contribution in [3.05, 3.63) is 35.9 Å². The summed E-state index contributed by atoms with van der Waals surface area (Å²) in [6, 6.07) is 11.3. The molecule has 0 aliphatic rings. The Morgan fingerprint density at radius 2 is 2.23 bits per heavy atom. The van der Waals surface area contributed by atoms with E-state index >= 15 is 0 Å². The van der Waals surface area contributed by atoms with Crippen LogP contribution in [0.15, 0.2) is 24.3 Å². The monoisotopic (exact) mass is 177 g/mol. The van der Waals surface area contributed by atoms with E-state index < -0.39 is 0 Å². The molecule has 0 aliphatic carbocycles. The predicted octanol–water partition coefficient (Wildman–Crippen LogP) is 2.85. The van der Waals surface area contributed by atoms with E-state index in [1.165, 1.54) is 5.56 Å². The third-order valence-electron chi connectivity index (χ3n) is 1.86. The smallest absolute Gasteiger partial charge is 0.0469 e. The molecule has 1 aromatic carbocycles. The topological polar surface area (TPSA) is 9.23 Å². The first kappa shape index (κ1) is 10.3. The van der Waals surface area contributed by atoms with Crippen molar-refractivity contribution in [1.82, 2.24) is 0 Å². The first-order valence-electron chi connectivity index (χ1n) is 4.97. The molecule has 0 unspecified atom stereocenters. The van der Waals surface area contributed by atoms with E-state index in [1.807, 2.05) is 12.1 Å². The lowest BCUT2D eigenvalue weighted by atomic mass is 10.1. The highest BCUT2D eigenvalue weighted by Crippen LogP contribution is 2.01. The molecular weight excluding hydrogens is 160 g/mol. The van der Waals surface area contributed by atoms with E-state index in [-0.39, 0.29) is 0 Å². The summed E-state index contributed by atoms with van der Waals surface area (Å²) in [7, 11) is 0. The Morgan fingerprint density at radius 1 is 1.31 bits per heavy atom. The lowest BCUT2D eigenvalue weighted by molar-refractivity contribution is 0.132. The minimum Gasteiger partial charge on any atom is -0.381 e. The van der Waals surface area contributed by atoms with Gasteiger partial charge in [0.15, 0.2) is 0 Å². The average molecular weight is 177 g/mol. The molecule has 0 fully saturated rings. The fourth-order valence-corrected chi connectivity index (χ4v) is 1.20. The normalized spacial score (nSPS) is 10.2. The molecule has 0 saturated carbocycles. The van der Waals surface area contributed by atoms with Gasteiger partial charge < -0.3 is 4.74 Å². The molecule has 0 heterocycles. The van der Waals surface area contributed by atoms with Crippen molar-refractivity contribution in [2.75, 3.05) is 13.2 Å². The third-order valence-corrected chi connectivity index (χ3v) is 1.86. The summed E-state index contributed by atoms with van der Waals surface area (Å²) in [4.78, 5) is 0. The summed E-state index contributed by atoms with van der Waals surface area (Å²) in [5, 5.41) is 0. The molecular formula is C12H17O. The highest BCUT2D eigenvalue weighted by Gasteiger charge is 1.91. The molecule has 0 atom stereocenters. The second kappa shape index (κ2) is 6.67. The first-order valence-corrected chi connectivity index (χ1v) is 4.97. The van der Waals surface area contributed by atoms with Gasteiger partial charge in [-0.25, -0.2) is 0 Å². The lowest BCUT2D eigenvalue weighted by Crippen LogP contribution is -1.97. The molecule has 0 spiro atoms. The summed E-state index contributed by atoms with van der Waals surface area (Å²) < 4.78 is 5.39. The van der Waals surface area contributed by atoms with Gasteiger partial charge in [-0.3, -0.25) is 0 Å². The van der Waals surface area contributed by atoms with E-state index in [2.05, 4.69) is 25.1 Å². The van der Waals surface area contributed by atoms with Gasteiger partial charge in [-0.2, -0.15) is 0 Å². The predicted molar refractivity (Wildman–Crippen MR) is 54.7 cm³/mol. The van der Waals surface area contributed by atoms with Crippen LogP contribution in [0.5, 0.6) is 0 Å². The van der Waals surface area contributed by atoms with Crippen molar-refractivity contribution < 1.29 is 4.74 Å². The number of hydrogen-bond donors (Lipinski definition) is 0. The molecule has 0 amide bonds. The summed E-state index contributed by atoms with van der Waals surface area (Å²) in [6.07, 6.45) is 3.28. The van der Waals surface area contributed by atoms with Crippen LogP contribution in [0.3, 0.4) is 0 Å². The van der Waals surface area contributed by atoms with Gasteiger partial charge in [0.25, 0.3) is 0 Å². The van der Waals surface area contributed by atoms with Gasteiger partial charge in [0.2, 0.25) is 0 Å². The Balaban J connectivity index is 2.07. The fraction of sp³-hybridized carbons (Fsp3) is 0.500. The molecule has 1 radical (unpaired) electrons. The van der Waals surface area contributed by atoms with Crippen molar-refractivity contribution in [2.24, 2.45) is 0 Å². The molecule has 0 aliphatic heterocycles. The van der Waals surface area contributed by atoms with Gasteiger partial charge in [-0.1, -0.05) is 31.2 Å². The van der Waals surface area contributed by atoms with Crippen LogP contribution in [0.1, 0.15) is 25.3 Å². The number of rotatable bonds is 6. The van der Waals surface area contributed by atoms with Crippen LogP contribution in [0.2, 0.25) is 0 Å².